The van der Waals surface area contributed by atoms with Crippen molar-refractivity contribution >= 4 is 23.3 Å². The number of urea groups is 1. The van der Waals surface area contributed by atoms with Gasteiger partial charge in [0.25, 0.3) is 11.6 Å². The maximum absolute atomic E-state index is 12.4. The summed E-state index contributed by atoms with van der Waals surface area (Å²) in [5.41, 5.74) is 0.314. The number of hydrogen-bond donors (Lipinski definition) is 0. The molecule has 20 heavy (non-hydrogen) atoms. The van der Waals surface area contributed by atoms with Crippen LogP contribution in [0.4, 0.5) is 16.2 Å². The third-order valence-corrected chi connectivity index (χ3v) is 3.93. The summed E-state index contributed by atoms with van der Waals surface area (Å²) in [7, 11) is 0. The molecule has 0 spiro atoms. The molecule has 2 fully saturated rings. The molecule has 2 aliphatic heterocycles. The molecular formula is C13H13N3O4. The third-order valence-electron chi connectivity index (χ3n) is 3.93. The van der Waals surface area contributed by atoms with E-state index >= 15 is 0 Å². The molecule has 2 atom stereocenters. The van der Waals surface area contributed by atoms with Gasteiger partial charge in [-0.2, -0.15) is 0 Å². The summed E-state index contributed by atoms with van der Waals surface area (Å²) in [6.07, 6.45) is 0.830. The number of carbonyl (C=O) groups excluding carboxylic acids is 2. The second kappa shape index (κ2) is 4.29. The van der Waals surface area contributed by atoms with Crippen LogP contribution >= 0.6 is 0 Å². The van der Waals surface area contributed by atoms with Crippen LogP contribution in [0, 0.1) is 16.0 Å². The van der Waals surface area contributed by atoms with Gasteiger partial charge in [0.1, 0.15) is 6.04 Å². The summed E-state index contributed by atoms with van der Waals surface area (Å²) in [4.78, 5) is 37.4. The molecule has 0 aliphatic carbocycles. The molecule has 0 N–H and O–H groups in total. The van der Waals surface area contributed by atoms with Crippen LogP contribution in [0.15, 0.2) is 24.3 Å². The topological polar surface area (TPSA) is 83.8 Å². The molecule has 1 aromatic carbocycles. The van der Waals surface area contributed by atoms with E-state index in [1.807, 2.05) is 6.92 Å². The van der Waals surface area contributed by atoms with Gasteiger partial charge in [-0.15, -0.1) is 0 Å². The number of non-ortho nitro benzene ring substituents is 1. The first-order valence-corrected chi connectivity index (χ1v) is 6.39. The zero-order valence-corrected chi connectivity index (χ0v) is 10.9. The molecule has 2 saturated heterocycles. The van der Waals surface area contributed by atoms with Gasteiger partial charge in [-0.05, 0) is 24.5 Å². The predicted octanol–water partition coefficient (Wildman–Crippen LogP) is 1.77. The van der Waals surface area contributed by atoms with Crippen molar-refractivity contribution in [2.75, 3.05) is 11.4 Å². The molecule has 2 unspecified atom stereocenters. The van der Waals surface area contributed by atoms with Gasteiger partial charge in [0.15, 0.2) is 0 Å². The monoisotopic (exact) mass is 275 g/mol. The van der Waals surface area contributed by atoms with E-state index in [0.717, 1.165) is 11.3 Å². The second-order valence-electron chi connectivity index (χ2n) is 5.13. The number of amides is 3. The summed E-state index contributed by atoms with van der Waals surface area (Å²) in [6, 6.07) is 4.73. The first kappa shape index (κ1) is 12.6. The molecule has 3 rings (SSSR count). The van der Waals surface area contributed by atoms with Crippen LogP contribution in [0.2, 0.25) is 0 Å². The van der Waals surface area contributed by atoms with Gasteiger partial charge in [0.05, 0.1) is 10.6 Å². The Morgan fingerprint density at radius 3 is 2.45 bits per heavy atom. The highest BCUT2D eigenvalue weighted by molar-refractivity contribution is 6.21. The molecule has 2 aliphatic rings. The van der Waals surface area contributed by atoms with Gasteiger partial charge in [-0.25, -0.2) is 9.69 Å². The lowest BCUT2D eigenvalue weighted by Gasteiger charge is -2.15. The van der Waals surface area contributed by atoms with Crippen molar-refractivity contribution in [1.82, 2.24) is 4.90 Å². The van der Waals surface area contributed by atoms with Crippen LogP contribution in [0.1, 0.15) is 13.3 Å². The average molecular weight is 275 g/mol. The van der Waals surface area contributed by atoms with Gasteiger partial charge in [0.2, 0.25) is 0 Å². The van der Waals surface area contributed by atoms with E-state index in [0.29, 0.717) is 12.2 Å². The fourth-order valence-corrected chi connectivity index (χ4v) is 2.85. The molecule has 1 aromatic rings. The van der Waals surface area contributed by atoms with Crippen LogP contribution in [-0.2, 0) is 4.79 Å². The molecule has 7 heteroatoms. The Balaban J connectivity index is 1.93. The Bertz CT molecular complexity index is 598. The van der Waals surface area contributed by atoms with E-state index in [9.17, 15) is 19.7 Å². The molecule has 0 aromatic heterocycles. The molecule has 0 radical (unpaired) electrons. The predicted molar refractivity (Wildman–Crippen MR) is 70.3 cm³/mol. The van der Waals surface area contributed by atoms with Crippen LogP contribution < -0.4 is 4.90 Å². The fourth-order valence-electron chi connectivity index (χ4n) is 2.85. The summed E-state index contributed by atoms with van der Waals surface area (Å²) in [5, 5.41) is 10.6. The summed E-state index contributed by atoms with van der Waals surface area (Å²) < 4.78 is 0. The summed E-state index contributed by atoms with van der Waals surface area (Å²) >= 11 is 0. The zero-order valence-electron chi connectivity index (χ0n) is 10.9. The third kappa shape index (κ3) is 1.66. The first-order valence-electron chi connectivity index (χ1n) is 6.39. The van der Waals surface area contributed by atoms with Crippen LogP contribution in [0.5, 0.6) is 0 Å². The number of carbonyl (C=O) groups is 2. The minimum atomic E-state index is -0.516. The van der Waals surface area contributed by atoms with Crippen molar-refractivity contribution < 1.29 is 14.5 Å². The van der Waals surface area contributed by atoms with Crippen molar-refractivity contribution in [2.45, 2.75) is 19.4 Å². The van der Waals surface area contributed by atoms with Crippen LogP contribution in [-0.4, -0.2) is 34.3 Å². The van der Waals surface area contributed by atoms with Crippen molar-refractivity contribution in [3.05, 3.63) is 34.4 Å². The summed E-state index contributed by atoms with van der Waals surface area (Å²) in [5.74, 6) is -0.0941. The normalized spacial score (nSPS) is 25.2. The number of hydrogen-bond acceptors (Lipinski definition) is 4. The van der Waals surface area contributed by atoms with E-state index < -0.39 is 11.0 Å². The van der Waals surface area contributed by atoms with Gasteiger partial charge < -0.3 is 4.90 Å². The van der Waals surface area contributed by atoms with E-state index in [4.69, 9.17) is 0 Å². The van der Waals surface area contributed by atoms with E-state index in [1.54, 1.807) is 4.90 Å². The largest absolute Gasteiger partial charge is 0.332 e. The number of anilines is 1. The number of imide groups is 1. The highest BCUT2D eigenvalue weighted by atomic mass is 16.6. The number of nitro benzene ring substituents is 1. The SMILES string of the molecule is CC1CCN2C(=O)N(c3ccc([N+](=O)[O-])cc3)C(=O)C12. The summed E-state index contributed by atoms with van der Waals surface area (Å²) in [6.45, 7) is 2.54. The van der Waals surface area contributed by atoms with Crippen molar-refractivity contribution in [3.8, 4) is 0 Å². The Labute approximate surface area is 114 Å². The molecule has 7 nitrogen and oxygen atoms in total. The average Bonchev–Trinajstić information content (AvgIpc) is 2.91. The Morgan fingerprint density at radius 1 is 1.25 bits per heavy atom. The number of rotatable bonds is 2. The molecule has 104 valence electrons. The Hall–Kier alpha value is -2.44. The smallest absolute Gasteiger partial charge is 0.312 e. The highest BCUT2D eigenvalue weighted by Crippen LogP contribution is 2.34. The van der Waals surface area contributed by atoms with Crippen molar-refractivity contribution in [3.63, 3.8) is 0 Å². The quantitative estimate of drug-likeness (QED) is 0.468. The van der Waals surface area contributed by atoms with Crippen molar-refractivity contribution in [1.29, 1.82) is 0 Å². The molecule has 3 amide bonds. The Morgan fingerprint density at radius 2 is 1.90 bits per heavy atom. The van der Waals surface area contributed by atoms with Crippen LogP contribution in [0.3, 0.4) is 0 Å². The fraction of sp³-hybridized carbons (Fsp3) is 0.385. The minimum Gasteiger partial charge on any atom is -0.312 e. The number of nitrogens with zero attached hydrogens (tertiary/aromatic N) is 3. The minimum absolute atomic E-state index is 0.0679. The molecule has 2 heterocycles. The van der Waals surface area contributed by atoms with E-state index in [-0.39, 0.29) is 23.5 Å². The maximum Gasteiger partial charge on any atom is 0.332 e. The first-order chi connectivity index (χ1) is 9.50. The number of benzene rings is 1. The molecule has 0 saturated carbocycles. The highest BCUT2D eigenvalue weighted by Gasteiger charge is 2.51. The van der Waals surface area contributed by atoms with E-state index in [2.05, 4.69) is 0 Å². The molecular weight excluding hydrogens is 262 g/mol. The lowest BCUT2D eigenvalue weighted by Crippen LogP contribution is -2.33. The van der Waals surface area contributed by atoms with Crippen LogP contribution in [0.25, 0.3) is 0 Å². The Kier molecular flexibility index (Phi) is 2.70. The lowest BCUT2D eigenvalue weighted by atomic mass is 10.0. The number of fused-ring (bicyclic) bond motifs is 1. The van der Waals surface area contributed by atoms with Crippen molar-refractivity contribution in [2.24, 2.45) is 5.92 Å². The number of nitro groups is 1. The standard InChI is InChI=1S/C13H13N3O4/c1-8-6-7-14-11(8)12(17)15(13(14)18)9-2-4-10(5-3-9)16(19)20/h2-5,8,11H,6-7H2,1H3. The molecule has 0 bridgehead atoms. The maximum atomic E-state index is 12.4. The van der Waals surface area contributed by atoms with Gasteiger partial charge in [0, 0.05) is 18.7 Å². The van der Waals surface area contributed by atoms with E-state index in [1.165, 1.54) is 24.3 Å². The van der Waals surface area contributed by atoms with Gasteiger partial charge in [-0.3, -0.25) is 14.9 Å². The zero-order chi connectivity index (χ0) is 14.4. The van der Waals surface area contributed by atoms with Gasteiger partial charge >= 0.3 is 6.03 Å². The second-order valence-corrected chi connectivity index (χ2v) is 5.13. The van der Waals surface area contributed by atoms with Gasteiger partial charge in [-0.1, -0.05) is 6.92 Å². The lowest BCUT2D eigenvalue weighted by molar-refractivity contribution is -0.384.